The summed E-state index contributed by atoms with van der Waals surface area (Å²) in [5.74, 6) is 0.287. The standard InChI is InChI=1S/C20H21NO5S/c22-20(26-19-12-5-2-6-13-19)21-18(11-7-8-14-27(21,23)24)16-25-15-17-9-3-1-4-10-17/h1-6,8-10,12-14,18H,7,11,15-16H2/t18-/m1/s1. The zero-order valence-electron chi connectivity index (χ0n) is 14.7. The highest BCUT2D eigenvalue weighted by Crippen LogP contribution is 2.22. The van der Waals surface area contributed by atoms with Gasteiger partial charge in [-0.25, -0.2) is 13.2 Å². The minimum absolute atomic E-state index is 0.0969. The van der Waals surface area contributed by atoms with E-state index in [1.54, 1.807) is 36.4 Å². The van der Waals surface area contributed by atoms with Crippen LogP contribution in [0, 0.1) is 0 Å². The van der Waals surface area contributed by atoms with Crippen molar-refractivity contribution in [1.82, 2.24) is 4.31 Å². The first-order valence-corrected chi connectivity index (χ1v) is 10.2. The Kier molecular flexibility index (Phi) is 6.26. The summed E-state index contributed by atoms with van der Waals surface area (Å²) in [6.07, 6.45) is 1.62. The summed E-state index contributed by atoms with van der Waals surface area (Å²) in [4.78, 5) is 12.6. The third-order valence-corrected chi connectivity index (χ3v) is 5.62. The summed E-state index contributed by atoms with van der Waals surface area (Å²) < 4.78 is 36.9. The molecule has 0 unspecified atom stereocenters. The third kappa shape index (κ3) is 5.18. The van der Waals surface area contributed by atoms with E-state index < -0.39 is 22.2 Å². The zero-order valence-corrected chi connectivity index (χ0v) is 15.5. The highest BCUT2D eigenvalue weighted by molar-refractivity contribution is 7.92. The Balaban J connectivity index is 1.72. The van der Waals surface area contributed by atoms with E-state index in [1.807, 2.05) is 30.3 Å². The number of hydrogen-bond donors (Lipinski definition) is 0. The fourth-order valence-corrected chi connectivity index (χ4v) is 4.13. The van der Waals surface area contributed by atoms with E-state index >= 15 is 0 Å². The zero-order chi connectivity index (χ0) is 19.1. The van der Waals surface area contributed by atoms with Crippen molar-refractivity contribution in [3.8, 4) is 5.75 Å². The van der Waals surface area contributed by atoms with Gasteiger partial charge >= 0.3 is 6.09 Å². The Morgan fingerprint density at radius 3 is 2.41 bits per heavy atom. The van der Waals surface area contributed by atoms with Gasteiger partial charge in [0.15, 0.2) is 0 Å². The smallest absolute Gasteiger partial charge is 0.409 e. The van der Waals surface area contributed by atoms with E-state index in [9.17, 15) is 13.2 Å². The first-order chi connectivity index (χ1) is 13.1. The second-order valence-corrected chi connectivity index (χ2v) is 7.82. The lowest BCUT2D eigenvalue weighted by Crippen LogP contribution is -2.46. The predicted molar refractivity (Wildman–Crippen MR) is 101 cm³/mol. The fraction of sp³-hybridized carbons (Fsp3) is 0.250. The van der Waals surface area contributed by atoms with Gasteiger partial charge in [0.2, 0.25) is 0 Å². The van der Waals surface area contributed by atoms with Gasteiger partial charge in [-0.3, -0.25) is 0 Å². The van der Waals surface area contributed by atoms with Crippen LogP contribution in [0.5, 0.6) is 5.75 Å². The van der Waals surface area contributed by atoms with E-state index in [-0.39, 0.29) is 12.4 Å². The number of nitrogens with zero attached hydrogens (tertiary/aromatic N) is 1. The van der Waals surface area contributed by atoms with Gasteiger partial charge in [0, 0.05) is 5.41 Å². The molecule has 0 saturated heterocycles. The predicted octanol–water partition coefficient (Wildman–Crippen LogP) is 3.71. The third-order valence-electron chi connectivity index (χ3n) is 4.09. The Morgan fingerprint density at radius 1 is 1.04 bits per heavy atom. The molecule has 1 aliphatic rings. The van der Waals surface area contributed by atoms with Crippen LogP contribution in [0.15, 0.2) is 72.1 Å². The quantitative estimate of drug-likeness (QED) is 0.782. The van der Waals surface area contributed by atoms with Gasteiger partial charge in [0.25, 0.3) is 10.0 Å². The number of benzene rings is 2. The fourth-order valence-electron chi connectivity index (χ4n) is 2.79. The van der Waals surface area contributed by atoms with E-state index in [4.69, 9.17) is 9.47 Å². The van der Waals surface area contributed by atoms with E-state index in [0.29, 0.717) is 19.4 Å². The Morgan fingerprint density at radius 2 is 1.70 bits per heavy atom. The van der Waals surface area contributed by atoms with Crippen molar-refractivity contribution in [1.29, 1.82) is 0 Å². The molecule has 2 aromatic carbocycles. The monoisotopic (exact) mass is 387 g/mol. The molecule has 0 N–H and O–H groups in total. The Hall–Kier alpha value is -2.64. The van der Waals surface area contributed by atoms with Crippen LogP contribution in [0.25, 0.3) is 0 Å². The minimum atomic E-state index is -3.93. The molecule has 0 fully saturated rings. The molecule has 0 saturated carbocycles. The van der Waals surface area contributed by atoms with Gasteiger partial charge < -0.3 is 9.47 Å². The summed E-state index contributed by atoms with van der Waals surface area (Å²) in [5.41, 5.74) is 0.977. The van der Waals surface area contributed by atoms with Crippen molar-refractivity contribution in [2.24, 2.45) is 0 Å². The summed E-state index contributed by atoms with van der Waals surface area (Å²) in [6.45, 7) is 0.437. The first kappa shape index (κ1) is 19.1. The van der Waals surface area contributed by atoms with Gasteiger partial charge in [-0.05, 0) is 30.5 Å². The summed E-state index contributed by atoms with van der Waals surface area (Å²) in [7, 11) is -3.93. The molecule has 1 atom stereocenters. The van der Waals surface area contributed by atoms with Crippen LogP contribution in [0.3, 0.4) is 0 Å². The van der Waals surface area contributed by atoms with Gasteiger partial charge in [-0.15, -0.1) is 0 Å². The van der Waals surface area contributed by atoms with E-state index in [0.717, 1.165) is 15.3 Å². The average molecular weight is 387 g/mol. The van der Waals surface area contributed by atoms with Crippen molar-refractivity contribution in [2.45, 2.75) is 25.5 Å². The molecular weight excluding hydrogens is 366 g/mol. The minimum Gasteiger partial charge on any atom is -0.409 e. The average Bonchev–Trinajstić information content (AvgIpc) is 2.81. The number of para-hydroxylation sites is 1. The van der Waals surface area contributed by atoms with E-state index in [2.05, 4.69) is 0 Å². The molecule has 3 rings (SSSR count). The number of amides is 1. The number of ether oxygens (including phenoxy) is 2. The topological polar surface area (TPSA) is 72.9 Å². The number of allylic oxidation sites excluding steroid dienone is 1. The largest absolute Gasteiger partial charge is 0.429 e. The second-order valence-electron chi connectivity index (χ2n) is 6.13. The highest BCUT2D eigenvalue weighted by Gasteiger charge is 2.36. The normalized spacial score (nSPS) is 18.7. The van der Waals surface area contributed by atoms with Crippen LogP contribution in [-0.2, 0) is 21.4 Å². The van der Waals surface area contributed by atoms with Crippen LogP contribution in [0.4, 0.5) is 4.79 Å². The molecule has 27 heavy (non-hydrogen) atoms. The summed E-state index contributed by atoms with van der Waals surface area (Å²) in [6, 6.07) is 17.3. The molecule has 7 heteroatoms. The molecular formula is C20H21NO5S. The number of rotatable bonds is 5. The molecule has 1 heterocycles. The van der Waals surface area contributed by atoms with Crippen molar-refractivity contribution in [3.05, 3.63) is 77.7 Å². The molecule has 6 nitrogen and oxygen atoms in total. The summed E-state index contributed by atoms with van der Waals surface area (Å²) in [5, 5.41) is 1.05. The Bertz CT molecular complexity index is 881. The van der Waals surface area contributed by atoms with Crippen molar-refractivity contribution in [2.75, 3.05) is 6.61 Å². The maximum atomic E-state index is 12.6. The van der Waals surface area contributed by atoms with Crippen LogP contribution in [0.1, 0.15) is 18.4 Å². The molecule has 0 aliphatic carbocycles. The molecule has 142 valence electrons. The maximum Gasteiger partial charge on any atom is 0.429 e. The maximum absolute atomic E-state index is 12.6. The molecule has 0 radical (unpaired) electrons. The SMILES string of the molecule is O=C(Oc1ccccc1)N1[C@@H](COCc2ccccc2)CCC=CS1(=O)=O. The van der Waals surface area contributed by atoms with Gasteiger partial charge in [0.05, 0.1) is 19.3 Å². The van der Waals surface area contributed by atoms with Crippen LogP contribution < -0.4 is 4.74 Å². The number of carbonyl (C=O) groups excluding carboxylic acids is 1. The van der Waals surface area contributed by atoms with Crippen LogP contribution >= 0.6 is 0 Å². The molecule has 0 bridgehead atoms. The number of hydrogen-bond acceptors (Lipinski definition) is 5. The summed E-state index contributed by atoms with van der Waals surface area (Å²) >= 11 is 0. The lowest BCUT2D eigenvalue weighted by molar-refractivity contribution is 0.0740. The van der Waals surface area contributed by atoms with Crippen molar-refractivity contribution < 1.29 is 22.7 Å². The second kappa shape index (κ2) is 8.83. The van der Waals surface area contributed by atoms with Crippen molar-refractivity contribution >= 4 is 16.1 Å². The molecule has 2 aromatic rings. The molecule has 0 aromatic heterocycles. The lowest BCUT2D eigenvalue weighted by Gasteiger charge is -2.27. The van der Waals surface area contributed by atoms with Crippen LogP contribution in [0.2, 0.25) is 0 Å². The van der Waals surface area contributed by atoms with Gasteiger partial charge in [0.1, 0.15) is 5.75 Å². The van der Waals surface area contributed by atoms with Gasteiger partial charge in [-0.1, -0.05) is 54.6 Å². The van der Waals surface area contributed by atoms with Gasteiger partial charge in [-0.2, -0.15) is 4.31 Å². The molecule has 1 aliphatic heterocycles. The first-order valence-electron chi connectivity index (χ1n) is 8.66. The van der Waals surface area contributed by atoms with Crippen LogP contribution in [-0.4, -0.2) is 31.5 Å². The molecule has 1 amide bonds. The Labute approximate surface area is 159 Å². The lowest BCUT2D eigenvalue weighted by atomic mass is 10.1. The van der Waals surface area contributed by atoms with Crippen molar-refractivity contribution in [3.63, 3.8) is 0 Å². The number of carbonyl (C=O) groups is 1. The molecule has 0 spiro atoms. The van der Waals surface area contributed by atoms with E-state index in [1.165, 1.54) is 0 Å². The highest BCUT2D eigenvalue weighted by atomic mass is 32.2. The number of sulfonamides is 1.